The number of aromatic nitrogens is 1. The van der Waals surface area contributed by atoms with E-state index in [0.29, 0.717) is 0 Å². The van der Waals surface area contributed by atoms with E-state index in [2.05, 4.69) is 207 Å². The molecular weight excluding hydrogens is 812 g/mol. The molecule has 13 rings (SSSR count). The third-order valence-corrected chi connectivity index (χ3v) is 17.5. The highest BCUT2D eigenvalue weighted by Gasteiger charge is 2.51. The lowest BCUT2D eigenvalue weighted by Gasteiger charge is -2.42. The summed E-state index contributed by atoms with van der Waals surface area (Å²) in [6.07, 6.45) is 0. The second-order valence-corrected chi connectivity index (χ2v) is 24.7. The minimum absolute atomic E-state index is 0.00633. The molecule has 2 aliphatic heterocycles. The molecule has 0 spiro atoms. The van der Waals surface area contributed by atoms with E-state index < -0.39 is 0 Å². The summed E-state index contributed by atoms with van der Waals surface area (Å²) in [7, 11) is 0. The average Bonchev–Trinajstić information content (AvgIpc) is 3.97. The fourth-order valence-electron chi connectivity index (χ4n) is 11.9. The van der Waals surface area contributed by atoms with E-state index >= 15 is 0 Å². The second-order valence-electron chi connectivity index (χ2n) is 22.6. The maximum absolute atomic E-state index is 2.76. The maximum atomic E-state index is 2.76. The molecule has 1 aliphatic carbocycles. The molecule has 0 saturated carbocycles. The van der Waals surface area contributed by atoms with Crippen LogP contribution in [0, 0.1) is 0 Å². The summed E-state index contributed by atoms with van der Waals surface area (Å²) in [6.45, 7) is 26.0. The number of anilines is 2. The van der Waals surface area contributed by atoms with E-state index in [0.717, 1.165) is 0 Å². The van der Waals surface area contributed by atoms with Crippen molar-refractivity contribution in [1.29, 1.82) is 0 Å². The molecule has 0 N–H and O–H groups in total. The molecule has 64 heavy (non-hydrogen) atoms. The number of hydrogen-bond acceptors (Lipinski definition) is 3. The quantitative estimate of drug-likeness (QED) is 0.149. The number of thiophene rings is 2. The first-order chi connectivity index (χ1) is 30.4. The number of rotatable bonds is 1. The fourth-order valence-corrected chi connectivity index (χ4v) is 14.3. The minimum atomic E-state index is -0.231. The molecule has 0 radical (unpaired) electrons. The highest BCUT2D eigenvalue weighted by Crippen LogP contribution is 2.60. The lowest BCUT2D eigenvalue weighted by Crippen LogP contribution is -2.59. The molecule has 0 amide bonds. The first-order valence-corrected chi connectivity index (χ1v) is 24.8. The molecule has 7 aromatic carbocycles. The van der Waals surface area contributed by atoms with E-state index in [1.165, 1.54) is 129 Å². The van der Waals surface area contributed by atoms with Crippen molar-refractivity contribution in [2.24, 2.45) is 0 Å². The normalized spacial score (nSPS) is 15.2. The van der Waals surface area contributed by atoms with Gasteiger partial charge in [-0.1, -0.05) is 143 Å². The van der Waals surface area contributed by atoms with E-state index in [1.807, 2.05) is 22.7 Å². The predicted molar refractivity (Wildman–Crippen MR) is 282 cm³/mol. The van der Waals surface area contributed by atoms with Crippen LogP contribution in [0.5, 0.6) is 0 Å². The standard InChI is InChI=1S/C59H53BN2S2/c1-56(2,3)32-20-24-35(25-21-32)62-44-30-38-36-16-13-15-19-45(36)63-47(38)31-40(44)49-48-37-17-12-14-18-42(37)59(10,11)51(48)50-39-28-33(57(4,5)6)22-26-43(39)61-53-41-29-34(58(7,8)9)23-27-46(41)64-55(53)60(62)52(49)54(50)61/h12-31H,1-11H3. The fraction of sp³-hybridized carbons (Fsp3) is 0.254. The van der Waals surface area contributed by atoms with Crippen LogP contribution < -0.4 is 15.1 Å². The SMILES string of the molecule is CC(C)(C)c1ccc(N2B3c4sc5ccc(C(C)(C)C)cc5c4-n4c5ccc(C(C)(C)C)cc5c5c6c(c(c3c54)-c3cc4sc5ccccc5c4cc32)-c2ccccc2C6(C)C)cc1. The highest BCUT2D eigenvalue weighted by atomic mass is 32.1. The van der Waals surface area contributed by atoms with E-state index in [-0.39, 0.29) is 28.5 Å². The van der Waals surface area contributed by atoms with Gasteiger partial charge in [0.1, 0.15) is 0 Å². The molecule has 0 atom stereocenters. The summed E-state index contributed by atoms with van der Waals surface area (Å²) in [5, 5.41) is 6.82. The molecule has 10 aromatic rings. The molecule has 0 unspecified atom stereocenters. The first-order valence-electron chi connectivity index (χ1n) is 23.1. The summed E-state index contributed by atoms with van der Waals surface area (Å²) >= 11 is 3.94. The zero-order chi connectivity index (χ0) is 44.1. The van der Waals surface area contributed by atoms with Crippen molar-refractivity contribution in [3.05, 3.63) is 149 Å². The zero-order valence-corrected chi connectivity index (χ0v) is 40.5. The predicted octanol–water partition coefficient (Wildman–Crippen LogP) is 15.8. The van der Waals surface area contributed by atoms with Gasteiger partial charge >= 0.3 is 6.85 Å². The third kappa shape index (κ3) is 4.98. The van der Waals surface area contributed by atoms with Crippen molar-refractivity contribution >= 4 is 103 Å². The first kappa shape index (κ1) is 38.8. The Balaban J connectivity index is 1.29. The summed E-state index contributed by atoms with van der Waals surface area (Å²) in [5.41, 5.74) is 20.4. The number of nitrogens with zero attached hydrogens (tertiary/aromatic N) is 2. The summed E-state index contributed by atoms with van der Waals surface area (Å²) in [6, 6.07) is 47.9. The Morgan fingerprint density at radius 2 is 1.17 bits per heavy atom. The van der Waals surface area contributed by atoms with Gasteiger partial charge in [0, 0.05) is 68.2 Å². The summed E-state index contributed by atoms with van der Waals surface area (Å²) in [4.78, 5) is 2.76. The van der Waals surface area contributed by atoms with Crippen LogP contribution in [0.15, 0.2) is 121 Å². The lowest BCUT2D eigenvalue weighted by atomic mass is 9.46. The topological polar surface area (TPSA) is 8.17 Å². The van der Waals surface area contributed by atoms with E-state index in [4.69, 9.17) is 0 Å². The largest absolute Gasteiger partial charge is 0.376 e. The molecule has 0 saturated heterocycles. The van der Waals surface area contributed by atoms with Gasteiger partial charge in [-0.05, 0) is 121 Å². The van der Waals surface area contributed by atoms with Gasteiger partial charge in [-0.2, -0.15) is 0 Å². The van der Waals surface area contributed by atoms with Crippen LogP contribution in [0.4, 0.5) is 11.4 Å². The van der Waals surface area contributed by atoms with Crippen LogP contribution in [0.25, 0.3) is 80.0 Å². The molecule has 3 aromatic heterocycles. The Morgan fingerprint density at radius 1 is 0.531 bits per heavy atom. The van der Waals surface area contributed by atoms with Crippen LogP contribution in [-0.2, 0) is 21.7 Å². The Labute approximate surface area is 385 Å². The van der Waals surface area contributed by atoms with Gasteiger partial charge in [0.15, 0.2) is 0 Å². The molecule has 3 aliphatic rings. The van der Waals surface area contributed by atoms with Crippen LogP contribution in [-0.4, -0.2) is 11.4 Å². The summed E-state index contributed by atoms with van der Waals surface area (Å²) < 4.78 is 8.19. The molecule has 0 bridgehead atoms. The van der Waals surface area contributed by atoms with Gasteiger partial charge in [0.25, 0.3) is 0 Å². The molecule has 0 fully saturated rings. The zero-order valence-electron chi connectivity index (χ0n) is 38.8. The van der Waals surface area contributed by atoms with Crippen LogP contribution in [0.3, 0.4) is 0 Å². The molecule has 5 heterocycles. The Morgan fingerprint density at radius 3 is 1.91 bits per heavy atom. The Bertz CT molecular complexity index is 3700. The smallest absolute Gasteiger partial charge is 0.343 e. The van der Waals surface area contributed by atoms with Gasteiger partial charge in [-0.25, -0.2) is 0 Å². The average molecular weight is 865 g/mol. The van der Waals surface area contributed by atoms with Crippen molar-refractivity contribution in [2.75, 3.05) is 4.81 Å². The highest BCUT2D eigenvalue weighted by molar-refractivity contribution is 7.32. The molecule has 314 valence electrons. The van der Waals surface area contributed by atoms with Crippen molar-refractivity contribution in [3.8, 4) is 27.9 Å². The van der Waals surface area contributed by atoms with Crippen molar-refractivity contribution < 1.29 is 0 Å². The van der Waals surface area contributed by atoms with E-state index in [1.54, 1.807) is 0 Å². The lowest BCUT2D eigenvalue weighted by molar-refractivity contribution is 0.590. The van der Waals surface area contributed by atoms with Crippen molar-refractivity contribution in [2.45, 2.75) is 97.8 Å². The maximum Gasteiger partial charge on any atom is 0.343 e. The van der Waals surface area contributed by atoms with Gasteiger partial charge in [0.2, 0.25) is 0 Å². The Hall–Kier alpha value is -5.62. The van der Waals surface area contributed by atoms with Crippen molar-refractivity contribution in [1.82, 2.24) is 4.57 Å². The van der Waals surface area contributed by atoms with Gasteiger partial charge < -0.3 is 9.38 Å². The number of fused-ring (bicyclic) bond motifs is 18. The molecule has 2 nitrogen and oxygen atoms in total. The second kappa shape index (κ2) is 12.4. The van der Waals surface area contributed by atoms with Crippen LogP contribution >= 0.6 is 22.7 Å². The van der Waals surface area contributed by atoms with Gasteiger partial charge in [-0.3, -0.25) is 0 Å². The summed E-state index contributed by atoms with van der Waals surface area (Å²) in [5.74, 6) is 0. The van der Waals surface area contributed by atoms with Crippen LogP contribution in [0.1, 0.15) is 104 Å². The monoisotopic (exact) mass is 864 g/mol. The van der Waals surface area contributed by atoms with E-state index in [9.17, 15) is 0 Å². The van der Waals surface area contributed by atoms with Crippen molar-refractivity contribution in [3.63, 3.8) is 0 Å². The minimum Gasteiger partial charge on any atom is -0.376 e. The van der Waals surface area contributed by atoms with Gasteiger partial charge in [0.05, 0.1) is 16.7 Å². The number of benzene rings is 7. The molecule has 5 heteroatoms. The third-order valence-electron chi connectivity index (χ3n) is 15.2. The number of hydrogen-bond donors (Lipinski definition) is 0. The Kier molecular flexibility index (Phi) is 7.51. The van der Waals surface area contributed by atoms with Gasteiger partial charge in [-0.15, -0.1) is 22.7 Å². The molecular formula is C59H53BN2S2. The van der Waals surface area contributed by atoms with Crippen LogP contribution in [0.2, 0.25) is 0 Å².